The highest BCUT2D eigenvalue weighted by molar-refractivity contribution is 7.92. The van der Waals surface area contributed by atoms with Gasteiger partial charge in [0.2, 0.25) is 10.0 Å². The predicted molar refractivity (Wildman–Crippen MR) is 166 cm³/mol. The second-order valence-electron chi connectivity index (χ2n) is 10.2. The summed E-state index contributed by atoms with van der Waals surface area (Å²) >= 11 is 5.88. The second kappa shape index (κ2) is 11.1. The summed E-state index contributed by atoms with van der Waals surface area (Å²) in [6.45, 7) is 5.94. The second-order valence-corrected chi connectivity index (χ2v) is 12.4. The standard InChI is InChI=1S/C30H31N5O5S2/c1-17-9-10-20(29(36)37)15-25(17)34-18(2)14-22(19(34)3)28-27(24-8-6-7-13-31-24)32-30(41)35(28)21-11-12-23(26(16-21)40-4)33-42(5,38)39/h6-16,27-28,33H,1-5H3,(H,32,41)(H,36,37)/t27-,28+/m1/s1. The lowest BCUT2D eigenvalue weighted by atomic mass is 9.96. The number of anilines is 2. The number of aromatic carboxylic acids is 1. The van der Waals surface area contributed by atoms with Crippen LogP contribution in [-0.2, 0) is 10.0 Å². The Kier molecular flexibility index (Phi) is 7.69. The zero-order valence-electron chi connectivity index (χ0n) is 23.7. The molecule has 1 aliphatic rings. The lowest BCUT2D eigenvalue weighted by Crippen LogP contribution is -2.29. The van der Waals surface area contributed by atoms with Crippen molar-refractivity contribution < 1.29 is 23.1 Å². The number of hydrogen-bond acceptors (Lipinski definition) is 6. The minimum absolute atomic E-state index is 0.205. The van der Waals surface area contributed by atoms with E-state index < -0.39 is 16.0 Å². The van der Waals surface area contributed by atoms with Gasteiger partial charge in [0.1, 0.15) is 5.75 Å². The number of thiocarbonyl (C=S) groups is 1. The van der Waals surface area contributed by atoms with E-state index in [0.717, 1.165) is 40.2 Å². The SMILES string of the molecule is COc1cc(N2C(=S)N[C@H](c3ccccn3)[C@@H]2c2cc(C)n(-c3cc(C(=O)O)ccc3C)c2C)ccc1NS(C)(=O)=O. The molecular weight excluding hydrogens is 574 g/mol. The van der Waals surface area contributed by atoms with Crippen LogP contribution >= 0.6 is 12.2 Å². The molecule has 0 amide bonds. The molecule has 0 aliphatic carbocycles. The molecule has 4 aromatic rings. The molecule has 1 saturated heterocycles. The minimum Gasteiger partial charge on any atom is -0.494 e. The fourth-order valence-electron chi connectivity index (χ4n) is 5.50. The Labute approximate surface area is 250 Å². The molecule has 12 heteroatoms. The molecule has 3 N–H and O–H groups in total. The van der Waals surface area contributed by atoms with E-state index in [9.17, 15) is 18.3 Å². The molecule has 0 unspecified atom stereocenters. The Balaban J connectivity index is 1.69. The van der Waals surface area contributed by atoms with Crippen LogP contribution in [0.1, 0.15) is 50.7 Å². The summed E-state index contributed by atoms with van der Waals surface area (Å²) in [5, 5.41) is 13.6. The summed E-state index contributed by atoms with van der Waals surface area (Å²) in [6.07, 6.45) is 2.81. The molecule has 218 valence electrons. The lowest BCUT2D eigenvalue weighted by Gasteiger charge is -2.29. The maximum atomic E-state index is 11.9. The number of ether oxygens (including phenoxy) is 1. The van der Waals surface area contributed by atoms with Crippen LogP contribution in [0.15, 0.2) is 66.9 Å². The largest absolute Gasteiger partial charge is 0.494 e. The van der Waals surface area contributed by atoms with E-state index in [2.05, 4.69) is 25.7 Å². The first-order chi connectivity index (χ1) is 19.9. The van der Waals surface area contributed by atoms with Crippen LogP contribution in [0.25, 0.3) is 5.69 Å². The number of nitrogens with zero attached hydrogens (tertiary/aromatic N) is 3. The maximum absolute atomic E-state index is 11.9. The molecule has 0 spiro atoms. The average Bonchev–Trinajstić information content (AvgIpc) is 3.43. The number of carboxylic acids is 1. The molecule has 10 nitrogen and oxygen atoms in total. The smallest absolute Gasteiger partial charge is 0.335 e. The van der Waals surface area contributed by atoms with Gasteiger partial charge in [-0.25, -0.2) is 13.2 Å². The molecule has 2 aromatic carbocycles. The molecule has 0 bridgehead atoms. The van der Waals surface area contributed by atoms with Crippen LogP contribution in [-0.4, -0.2) is 47.5 Å². The van der Waals surface area contributed by atoms with Crippen LogP contribution in [0, 0.1) is 20.8 Å². The van der Waals surface area contributed by atoms with Gasteiger partial charge in [-0.15, -0.1) is 0 Å². The minimum atomic E-state index is -3.53. The Morgan fingerprint density at radius 1 is 1.10 bits per heavy atom. The van der Waals surface area contributed by atoms with E-state index in [-0.39, 0.29) is 17.6 Å². The summed E-state index contributed by atoms with van der Waals surface area (Å²) in [6, 6.07) is 17.4. The molecule has 1 aliphatic heterocycles. The number of nitrogens with one attached hydrogen (secondary N) is 2. The highest BCUT2D eigenvalue weighted by Gasteiger charge is 2.42. The molecule has 2 aromatic heterocycles. The van der Waals surface area contributed by atoms with Crippen molar-refractivity contribution in [2.75, 3.05) is 23.0 Å². The Morgan fingerprint density at radius 3 is 2.50 bits per heavy atom. The Hall–Kier alpha value is -4.42. The van der Waals surface area contributed by atoms with Crippen molar-refractivity contribution in [2.45, 2.75) is 32.9 Å². The zero-order chi connectivity index (χ0) is 30.3. The fraction of sp³-hybridized carbons (Fsp3) is 0.233. The number of methoxy groups -OCH3 is 1. The van der Waals surface area contributed by atoms with Gasteiger partial charge in [0.15, 0.2) is 5.11 Å². The monoisotopic (exact) mass is 605 g/mol. The summed E-state index contributed by atoms with van der Waals surface area (Å²) in [5.41, 5.74) is 6.53. The van der Waals surface area contributed by atoms with Gasteiger partial charge in [-0.1, -0.05) is 12.1 Å². The van der Waals surface area contributed by atoms with Crippen molar-refractivity contribution in [1.29, 1.82) is 0 Å². The average molecular weight is 606 g/mol. The number of rotatable bonds is 8. The summed E-state index contributed by atoms with van der Waals surface area (Å²) in [4.78, 5) is 18.4. The third kappa shape index (κ3) is 5.42. The van der Waals surface area contributed by atoms with Crippen molar-refractivity contribution in [2.24, 2.45) is 0 Å². The lowest BCUT2D eigenvalue weighted by molar-refractivity contribution is 0.0696. The fourth-order valence-corrected chi connectivity index (χ4v) is 6.42. The highest BCUT2D eigenvalue weighted by Crippen LogP contribution is 2.45. The van der Waals surface area contributed by atoms with E-state index in [1.54, 1.807) is 36.5 Å². The van der Waals surface area contributed by atoms with E-state index in [1.807, 2.05) is 49.9 Å². The van der Waals surface area contributed by atoms with Crippen molar-refractivity contribution in [3.05, 3.63) is 101 Å². The van der Waals surface area contributed by atoms with E-state index in [4.69, 9.17) is 17.0 Å². The van der Waals surface area contributed by atoms with Crippen LogP contribution in [0.2, 0.25) is 0 Å². The molecule has 1 fully saturated rings. The van der Waals surface area contributed by atoms with Gasteiger partial charge in [-0.2, -0.15) is 0 Å². The van der Waals surface area contributed by atoms with Gasteiger partial charge >= 0.3 is 5.97 Å². The van der Waals surface area contributed by atoms with Crippen LogP contribution < -0.4 is 19.7 Å². The molecule has 42 heavy (non-hydrogen) atoms. The van der Waals surface area contributed by atoms with E-state index in [0.29, 0.717) is 22.2 Å². The first-order valence-corrected chi connectivity index (χ1v) is 15.4. The van der Waals surface area contributed by atoms with Gasteiger partial charge < -0.3 is 24.6 Å². The van der Waals surface area contributed by atoms with Gasteiger partial charge in [0.25, 0.3) is 0 Å². The third-order valence-electron chi connectivity index (χ3n) is 7.34. The maximum Gasteiger partial charge on any atom is 0.335 e. The van der Waals surface area contributed by atoms with E-state index >= 15 is 0 Å². The van der Waals surface area contributed by atoms with Gasteiger partial charge in [0.05, 0.1) is 42.4 Å². The topological polar surface area (TPSA) is 126 Å². The summed E-state index contributed by atoms with van der Waals surface area (Å²) < 4.78 is 33.9. The van der Waals surface area contributed by atoms with Crippen molar-refractivity contribution in [3.8, 4) is 11.4 Å². The number of pyridine rings is 1. The number of sulfonamides is 1. The number of benzene rings is 2. The normalized spacial score (nSPS) is 16.8. The van der Waals surface area contributed by atoms with Crippen molar-refractivity contribution >= 4 is 44.7 Å². The van der Waals surface area contributed by atoms with E-state index in [1.165, 1.54) is 7.11 Å². The van der Waals surface area contributed by atoms with Crippen LogP contribution in [0.4, 0.5) is 11.4 Å². The number of aromatic nitrogens is 2. The Bertz CT molecular complexity index is 1800. The van der Waals surface area contributed by atoms with Crippen molar-refractivity contribution in [1.82, 2.24) is 14.9 Å². The third-order valence-corrected chi connectivity index (χ3v) is 8.25. The zero-order valence-corrected chi connectivity index (χ0v) is 25.4. The number of carbonyl (C=O) groups is 1. The molecule has 0 radical (unpaired) electrons. The molecule has 2 atom stereocenters. The van der Waals surface area contributed by atoms with Gasteiger partial charge in [-0.05, 0) is 86.6 Å². The molecular formula is C30H31N5O5S2. The Morgan fingerprint density at radius 2 is 1.86 bits per heavy atom. The first kappa shape index (κ1) is 29.1. The number of carboxylic acid groups (broad SMARTS) is 1. The first-order valence-electron chi connectivity index (χ1n) is 13.1. The van der Waals surface area contributed by atoms with Crippen LogP contribution in [0.5, 0.6) is 5.75 Å². The van der Waals surface area contributed by atoms with Gasteiger partial charge in [-0.3, -0.25) is 9.71 Å². The number of aryl methyl sites for hydroxylation is 2. The molecule has 3 heterocycles. The van der Waals surface area contributed by atoms with Crippen molar-refractivity contribution in [3.63, 3.8) is 0 Å². The molecule has 5 rings (SSSR count). The molecule has 0 saturated carbocycles. The predicted octanol–water partition coefficient (Wildman–Crippen LogP) is 5.05. The quantitative estimate of drug-likeness (QED) is 0.237. The summed E-state index contributed by atoms with van der Waals surface area (Å²) in [5.74, 6) is -0.652. The highest BCUT2D eigenvalue weighted by atomic mass is 32.2. The number of hydrogen-bond donors (Lipinski definition) is 3. The summed E-state index contributed by atoms with van der Waals surface area (Å²) in [7, 11) is -2.05. The van der Waals surface area contributed by atoms with Crippen LogP contribution in [0.3, 0.4) is 0 Å². The van der Waals surface area contributed by atoms with Gasteiger partial charge in [0, 0.05) is 35.0 Å².